The normalized spacial score (nSPS) is 22.7. The van der Waals surface area contributed by atoms with E-state index >= 15 is 0 Å². The van der Waals surface area contributed by atoms with Gasteiger partial charge in [-0.15, -0.1) is 0 Å². The van der Waals surface area contributed by atoms with Crippen molar-refractivity contribution >= 4 is 28.8 Å². The third-order valence-electron chi connectivity index (χ3n) is 5.31. The molecule has 0 bridgehead atoms. The van der Waals surface area contributed by atoms with Gasteiger partial charge in [0.15, 0.2) is 0 Å². The number of allylic oxidation sites excluding steroid dienone is 3. The first-order valence-corrected chi connectivity index (χ1v) is 10.2. The predicted molar refractivity (Wildman–Crippen MR) is 112 cm³/mol. The molecule has 3 rings (SSSR count). The molecule has 1 aromatic rings. The van der Waals surface area contributed by atoms with Crippen LogP contribution in [0.15, 0.2) is 41.0 Å². The second kappa shape index (κ2) is 9.28. The van der Waals surface area contributed by atoms with Crippen molar-refractivity contribution in [3.63, 3.8) is 0 Å². The van der Waals surface area contributed by atoms with Crippen molar-refractivity contribution in [3.8, 4) is 0 Å². The Labute approximate surface area is 170 Å². The van der Waals surface area contributed by atoms with E-state index in [2.05, 4.69) is 16.7 Å². The molecule has 0 aromatic heterocycles. The fraction of sp³-hybridized carbons (Fsp3) is 0.476. The van der Waals surface area contributed by atoms with Crippen molar-refractivity contribution in [3.05, 3.63) is 57.9 Å². The monoisotopic (exact) mass is 408 g/mol. The van der Waals surface area contributed by atoms with Gasteiger partial charge in [0.25, 0.3) is 0 Å². The van der Waals surface area contributed by atoms with Gasteiger partial charge in [-0.1, -0.05) is 47.6 Å². The molecule has 3 nitrogen and oxygen atoms in total. The largest absolute Gasteiger partial charge is 0.394 e. The van der Waals surface area contributed by atoms with Gasteiger partial charge in [-0.05, 0) is 49.5 Å². The van der Waals surface area contributed by atoms with Gasteiger partial charge in [0, 0.05) is 30.0 Å². The molecule has 0 radical (unpaired) electrons. The summed E-state index contributed by atoms with van der Waals surface area (Å²) in [4.78, 5) is 0.718. The lowest BCUT2D eigenvalue weighted by atomic mass is 9.90. The highest BCUT2D eigenvalue weighted by molar-refractivity contribution is 7.80. The number of nitrogens with one attached hydrogen (secondary N) is 2. The van der Waals surface area contributed by atoms with E-state index in [0.29, 0.717) is 19.4 Å². The number of rotatable bonds is 7. The van der Waals surface area contributed by atoms with Crippen molar-refractivity contribution < 1.29 is 9.50 Å². The van der Waals surface area contributed by atoms with Crippen LogP contribution >= 0.6 is 23.8 Å². The van der Waals surface area contributed by atoms with E-state index in [-0.39, 0.29) is 30.4 Å². The van der Waals surface area contributed by atoms with Crippen LogP contribution in [0.3, 0.4) is 0 Å². The molecule has 3 atom stereocenters. The molecule has 6 heteroatoms. The molecule has 2 aliphatic carbocycles. The Bertz CT molecular complexity index is 765. The average Bonchev–Trinajstić information content (AvgIpc) is 3.03. The maximum absolute atomic E-state index is 13.8. The van der Waals surface area contributed by atoms with Crippen molar-refractivity contribution in [2.24, 2.45) is 5.92 Å². The number of hydrogen-bond donors (Lipinski definition) is 3. The molecule has 3 unspecified atom stereocenters. The third-order valence-corrected chi connectivity index (χ3v) is 5.89. The summed E-state index contributed by atoms with van der Waals surface area (Å²) in [6, 6.07) is 5.33. The number of thiocarbonyl (C=S) groups is 1. The zero-order valence-corrected chi connectivity index (χ0v) is 17.0. The van der Waals surface area contributed by atoms with E-state index in [9.17, 15) is 9.50 Å². The first-order chi connectivity index (χ1) is 13.0. The lowest BCUT2D eigenvalue weighted by Crippen LogP contribution is -2.43. The van der Waals surface area contributed by atoms with Gasteiger partial charge in [0.2, 0.25) is 0 Å². The quantitative estimate of drug-likeness (QED) is 0.593. The van der Waals surface area contributed by atoms with Gasteiger partial charge < -0.3 is 15.7 Å². The number of fused-ring (bicyclic) bond motifs is 1. The number of aliphatic hydroxyl groups is 1. The Morgan fingerprint density at radius 3 is 3.00 bits per heavy atom. The summed E-state index contributed by atoms with van der Waals surface area (Å²) >= 11 is 11.7. The summed E-state index contributed by atoms with van der Waals surface area (Å²) in [6.45, 7) is 2.72. The Morgan fingerprint density at radius 2 is 2.26 bits per heavy atom. The van der Waals surface area contributed by atoms with E-state index < -0.39 is 0 Å². The standard InChI is InChI=1S/C21H26ClFN2OS/c1-13-9-14(11-15(22)10-13)20(12-26)25-21(27)7-8-24-19-6-5-16-17(19)3-2-4-18(16)23/h2-4,9-10,14,19-20,24,26H,5-8,11-12H2,1H3,(H,25,27). The van der Waals surface area contributed by atoms with Crippen LogP contribution in [0.2, 0.25) is 0 Å². The topological polar surface area (TPSA) is 44.3 Å². The van der Waals surface area contributed by atoms with Crippen molar-refractivity contribution in [1.82, 2.24) is 10.6 Å². The van der Waals surface area contributed by atoms with Crippen molar-refractivity contribution in [2.45, 2.75) is 44.7 Å². The summed E-state index contributed by atoms with van der Waals surface area (Å²) in [7, 11) is 0. The first kappa shape index (κ1) is 20.5. The highest BCUT2D eigenvalue weighted by atomic mass is 35.5. The number of aliphatic hydroxyl groups excluding tert-OH is 1. The Morgan fingerprint density at radius 1 is 1.44 bits per heavy atom. The second-order valence-electron chi connectivity index (χ2n) is 7.33. The molecule has 2 aliphatic rings. The maximum Gasteiger partial charge on any atom is 0.126 e. The Kier molecular flexibility index (Phi) is 7.04. The molecule has 0 fully saturated rings. The predicted octanol–water partition coefficient (Wildman–Crippen LogP) is 4.16. The van der Waals surface area contributed by atoms with E-state index in [1.165, 1.54) is 6.07 Å². The minimum absolute atomic E-state index is 0.00145. The minimum Gasteiger partial charge on any atom is -0.394 e. The zero-order valence-electron chi connectivity index (χ0n) is 15.5. The lowest BCUT2D eigenvalue weighted by molar-refractivity contribution is 0.228. The Balaban J connectivity index is 1.48. The molecule has 1 aromatic carbocycles. The van der Waals surface area contributed by atoms with Crippen LogP contribution in [0.1, 0.15) is 43.4 Å². The number of hydrogen-bond acceptors (Lipinski definition) is 3. The summed E-state index contributed by atoms with van der Waals surface area (Å²) in [5.74, 6) is 0.0198. The molecular weight excluding hydrogens is 383 g/mol. The van der Waals surface area contributed by atoms with Gasteiger partial charge in [-0.3, -0.25) is 0 Å². The molecule has 0 heterocycles. The van der Waals surface area contributed by atoms with Gasteiger partial charge in [0.05, 0.1) is 17.6 Å². The van der Waals surface area contributed by atoms with Gasteiger partial charge in [-0.2, -0.15) is 0 Å². The molecule has 3 N–H and O–H groups in total. The third kappa shape index (κ3) is 5.17. The molecule has 146 valence electrons. The number of benzene rings is 1. The van der Waals surface area contributed by atoms with E-state index in [1.807, 2.05) is 19.1 Å². The molecular formula is C21H26ClFN2OS. The highest BCUT2D eigenvalue weighted by Crippen LogP contribution is 2.32. The molecule has 0 amide bonds. The zero-order chi connectivity index (χ0) is 19.4. The SMILES string of the molecule is CC1=CC(C(CO)NC(=S)CCNC2CCc3c(F)cccc32)CC(Cl)=C1. The molecule has 0 spiro atoms. The van der Waals surface area contributed by atoms with Crippen LogP contribution in [0.4, 0.5) is 4.39 Å². The van der Waals surface area contributed by atoms with Crippen LogP contribution < -0.4 is 10.6 Å². The summed E-state index contributed by atoms with van der Waals surface area (Å²) in [5, 5.41) is 17.3. The van der Waals surface area contributed by atoms with Crippen LogP contribution in [-0.4, -0.2) is 29.3 Å². The highest BCUT2D eigenvalue weighted by Gasteiger charge is 2.25. The molecule has 27 heavy (non-hydrogen) atoms. The summed E-state index contributed by atoms with van der Waals surface area (Å²) < 4.78 is 13.8. The van der Waals surface area contributed by atoms with Crippen LogP contribution in [-0.2, 0) is 6.42 Å². The fourth-order valence-electron chi connectivity index (χ4n) is 3.98. The second-order valence-corrected chi connectivity index (χ2v) is 8.31. The minimum atomic E-state index is -0.142. The van der Waals surface area contributed by atoms with Gasteiger partial charge >= 0.3 is 0 Å². The van der Waals surface area contributed by atoms with Crippen LogP contribution in [0.5, 0.6) is 0 Å². The summed E-state index contributed by atoms with van der Waals surface area (Å²) in [5.41, 5.74) is 3.00. The molecule has 0 saturated carbocycles. The first-order valence-electron chi connectivity index (χ1n) is 9.43. The smallest absolute Gasteiger partial charge is 0.126 e. The summed E-state index contributed by atoms with van der Waals surface area (Å²) in [6.07, 6.45) is 7.15. The lowest BCUT2D eigenvalue weighted by Gasteiger charge is -2.28. The van der Waals surface area contributed by atoms with E-state index in [4.69, 9.17) is 23.8 Å². The van der Waals surface area contributed by atoms with Crippen LogP contribution in [0, 0.1) is 11.7 Å². The van der Waals surface area contributed by atoms with Crippen molar-refractivity contribution in [2.75, 3.05) is 13.2 Å². The van der Waals surface area contributed by atoms with Gasteiger partial charge in [0.1, 0.15) is 5.82 Å². The Hall–Kier alpha value is -1.27. The van der Waals surface area contributed by atoms with E-state index in [0.717, 1.165) is 39.6 Å². The average molecular weight is 409 g/mol. The number of halogens is 2. The van der Waals surface area contributed by atoms with Crippen molar-refractivity contribution in [1.29, 1.82) is 0 Å². The maximum atomic E-state index is 13.8. The fourth-order valence-corrected chi connectivity index (χ4v) is 4.59. The van der Waals surface area contributed by atoms with E-state index in [1.54, 1.807) is 6.07 Å². The van der Waals surface area contributed by atoms with Gasteiger partial charge in [-0.25, -0.2) is 4.39 Å². The van der Waals surface area contributed by atoms with Crippen LogP contribution in [0.25, 0.3) is 0 Å². The molecule has 0 aliphatic heterocycles. The molecule has 0 saturated heterocycles.